The maximum Gasteiger partial charge on any atom is 0.262 e. The number of hydrogen-bond acceptors (Lipinski definition) is 2. The first-order valence-corrected chi connectivity index (χ1v) is 7.58. The van der Waals surface area contributed by atoms with Crippen molar-refractivity contribution < 1.29 is 9.53 Å². The van der Waals surface area contributed by atoms with Crippen molar-refractivity contribution in [3.8, 4) is 5.75 Å². The molecule has 0 radical (unpaired) electrons. The van der Waals surface area contributed by atoms with Crippen molar-refractivity contribution in [2.45, 2.75) is 13.8 Å². The Morgan fingerprint density at radius 1 is 1.19 bits per heavy atom. The number of carbonyl (C=O) groups excluding carboxylic acids is 1. The molecule has 0 unspecified atom stereocenters. The molecular weight excluding hydrogens is 354 g/mol. The second-order valence-corrected chi connectivity index (χ2v) is 6.06. The molecule has 0 aromatic heterocycles. The van der Waals surface area contributed by atoms with E-state index in [-0.39, 0.29) is 12.5 Å². The van der Waals surface area contributed by atoms with Gasteiger partial charge in [-0.05, 0) is 61.4 Å². The third-order valence-electron chi connectivity index (χ3n) is 2.90. The molecule has 110 valence electrons. The van der Waals surface area contributed by atoms with Crippen LogP contribution in [0, 0.1) is 13.8 Å². The number of hydrogen-bond donors (Lipinski definition) is 1. The Morgan fingerprint density at radius 3 is 2.33 bits per heavy atom. The van der Waals surface area contributed by atoms with Crippen LogP contribution in [0.25, 0.3) is 0 Å². The first kappa shape index (κ1) is 15.9. The van der Waals surface area contributed by atoms with Crippen LogP contribution in [0.3, 0.4) is 0 Å². The molecule has 0 bridgehead atoms. The highest BCUT2D eigenvalue weighted by molar-refractivity contribution is 9.10. The van der Waals surface area contributed by atoms with Crippen molar-refractivity contribution in [1.82, 2.24) is 0 Å². The predicted molar refractivity (Wildman–Crippen MR) is 89.2 cm³/mol. The molecule has 0 aliphatic rings. The van der Waals surface area contributed by atoms with Gasteiger partial charge in [0, 0.05) is 15.2 Å². The number of benzene rings is 2. The topological polar surface area (TPSA) is 38.3 Å². The van der Waals surface area contributed by atoms with E-state index in [9.17, 15) is 4.79 Å². The average molecular weight is 369 g/mol. The number of halogens is 2. The Morgan fingerprint density at radius 2 is 1.76 bits per heavy atom. The molecule has 2 aromatic carbocycles. The lowest BCUT2D eigenvalue weighted by Crippen LogP contribution is -2.20. The number of carbonyl (C=O) groups is 1. The van der Waals surface area contributed by atoms with Gasteiger partial charge in [0.05, 0.1) is 0 Å². The Hall–Kier alpha value is -1.52. The highest BCUT2D eigenvalue weighted by Crippen LogP contribution is 2.27. The molecule has 0 saturated heterocycles. The van der Waals surface area contributed by atoms with Crippen LogP contribution in [0.2, 0.25) is 5.02 Å². The zero-order valence-corrected chi connectivity index (χ0v) is 14.1. The van der Waals surface area contributed by atoms with Crippen molar-refractivity contribution >= 4 is 39.1 Å². The van der Waals surface area contributed by atoms with Gasteiger partial charge >= 0.3 is 0 Å². The van der Waals surface area contributed by atoms with Crippen LogP contribution in [0.4, 0.5) is 5.69 Å². The number of ether oxygens (including phenoxy) is 1. The summed E-state index contributed by atoms with van der Waals surface area (Å²) in [5.74, 6) is 0.531. The fourth-order valence-electron chi connectivity index (χ4n) is 1.99. The Balaban J connectivity index is 1.97. The van der Waals surface area contributed by atoms with Gasteiger partial charge in [-0.25, -0.2) is 0 Å². The molecule has 0 aliphatic carbocycles. The van der Waals surface area contributed by atoms with Gasteiger partial charge in [0.2, 0.25) is 0 Å². The van der Waals surface area contributed by atoms with E-state index in [0.29, 0.717) is 10.7 Å². The smallest absolute Gasteiger partial charge is 0.262 e. The Bertz CT molecular complexity index is 633. The fraction of sp³-hybridized carbons (Fsp3) is 0.188. The Labute approximate surface area is 137 Å². The van der Waals surface area contributed by atoms with Crippen LogP contribution in [0.1, 0.15) is 11.1 Å². The first-order chi connectivity index (χ1) is 9.95. The largest absolute Gasteiger partial charge is 0.483 e. The molecule has 2 rings (SSSR count). The summed E-state index contributed by atoms with van der Waals surface area (Å²) in [6, 6.07) is 10.9. The van der Waals surface area contributed by atoms with Gasteiger partial charge in [0.15, 0.2) is 6.61 Å². The second-order valence-electron chi connectivity index (χ2n) is 4.71. The number of anilines is 1. The van der Waals surface area contributed by atoms with E-state index in [2.05, 4.69) is 21.2 Å². The minimum Gasteiger partial charge on any atom is -0.483 e. The van der Waals surface area contributed by atoms with Gasteiger partial charge in [-0.15, -0.1) is 0 Å². The summed E-state index contributed by atoms with van der Waals surface area (Å²) in [6.07, 6.45) is 0. The standard InChI is InChI=1S/C16H15BrClNO2/c1-10-7-12(17)8-11(2)16(10)21-9-15(20)19-14-5-3-13(18)4-6-14/h3-8H,9H2,1-2H3,(H,19,20). The molecule has 21 heavy (non-hydrogen) atoms. The lowest BCUT2D eigenvalue weighted by atomic mass is 10.1. The molecule has 2 aromatic rings. The molecule has 1 amide bonds. The van der Waals surface area contributed by atoms with E-state index in [1.165, 1.54) is 0 Å². The number of amides is 1. The van der Waals surface area contributed by atoms with Gasteiger partial charge in [-0.3, -0.25) is 4.79 Å². The van der Waals surface area contributed by atoms with Crippen molar-refractivity contribution in [1.29, 1.82) is 0 Å². The monoisotopic (exact) mass is 367 g/mol. The summed E-state index contributed by atoms with van der Waals surface area (Å²) in [4.78, 5) is 11.9. The van der Waals surface area contributed by atoms with Crippen molar-refractivity contribution in [2.24, 2.45) is 0 Å². The minimum atomic E-state index is -0.209. The normalized spacial score (nSPS) is 10.3. The summed E-state index contributed by atoms with van der Waals surface area (Å²) in [5.41, 5.74) is 2.67. The third-order valence-corrected chi connectivity index (χ3v) is 3.61. The number of aryl methyl sites for hydroxylation is 2. The minimum absolute atomic E-state index is 0.0358. The zero-order chi connectivity index (χ0) is 15.4. The molecule has 0 heterocycles. The quantitative estimate of drug-likeness (QED) is 0.846. The summed E-state index contributed by atoms with van der Waals surface area (Å²) >= 11 is 9.23. The molecule has 0 aliphatic heterocycles. The van der Waals surface area contributed by atoms with Gasteiger partial charge in [-0.2, -0.15) is 0 Å². The summed E-state index contributed by atoms with van der Waals surface area (Å²) in [6.45, 7) is 3.86. The molecule has 5 heteroatoms. The van der Waals surface area contributed by atoms with E-state index in [1.54, 1.807) is 24.3 Å². The van der Waals surface area contributed by atoms with Gasteiger partial charge < -0.3 is 10.1 Å². The number of nitrogens with one attached hydrogen (secondary N) is 1. The van der Waals surface area contributed by atoms with Crippen LogP contribution in [-0.2, 0) is 4.79 Å². The predicted octanol–water partition coefficient (Wildman–Crippen LogP) is 4.74. The summed E-state index contributed by atoms with van der Waals surface area (Å²) in [7, 11) is 0. The van der Waals surface area contributed by atoms with E-state index in [0.717, 1.165) is 21.3 Å². The maximum absolute atomic E-state index is 11.9. The van der Waals surface area contributed by atoms with Crippen LogP contribution in [0.15, 0.2) is 40.9 Å². The van der Waals surface area contributed by atoms with Gasteiger partial charge in [-0.1, -0.05) is 27.5 Å². The molecule has 0 spiro atoms. The molecule has 0 atom stereocenters. The van der Waals surface area contributed by atoms with Crippen molar-refractivity contribution in [3.05, 3.63) is 57.0 Å². The summed E-state index contributed by atoms with van der Waals surface area (Å²) in [5, 5.41) is 3.39. The van der Waals surface area contributed by atoms with Crippen LogP contribution >= 0.6 is 27.5 Å². The maximum atomic E-state index is 11.9. The van der Waals surface area contributed by atoms with Crippen LogP contribution in [-0.4, -0.2) is 12.5 Å². The van der Waals surface area contributed by atoms with Gasteiger partial charge in [0.1, 0.15) is 5.75 Å². The third kappa shape index (κ3) is 4.48. The van der Waals surface area contributed by atoms with E-state index < -0.39 is 0 Å². The fourth-order valence-corrected chi connectivity index (χ4v) is 2.81. The number of rotatable bonds is 4. The summed E-state index contributed by atoms with van der Waals surface area (Å²) < 4.78 is 6.62. The molecule has 1 N–H and O–H groups in total. The van der Waals surface area contributed by atoms with Crippen LogP contribution < -0.4 is 10.1 Å². The van der Waals surface area contributed by atoms with E-state index in [4.69, 9.17) is 16.3 Å². The lowest BCUT2D eigenvalue weighted by Gasteiger charge is -2.12. The molecular formula is C16H15BrClNO2. The second kappa shape index (κ2) is 6.96. The zero-order valence-electron chi connectivity index (χ0n) is 11.7. The highest BCUT2D eigenvalue weighted by atomic mass is 79.9. The van der Waals surface area contributed by atoms with Crippen molar-refractivity contribution in [2.75, 3.05) is 11.9 Å². The van der Waals surface area contributed by atoms with Gasteiger partial charge in [0.25, 0.3) is 5.91 Å². The van der Waals surface area contributed by atoms with E-state index >= 15 is 0 Å². The molecule has 0 saturated carbocycles. The van der Waals surface area contributed by atoms with E-state index in [1.807, 2.05) is 26.0 Å². The molecule has 0 fully saturated rings. The Kier molecular flexibility index (Phi) is 5.26. The molecule has 3 nitrogen and oxygen atoms in total. The first-order valence-electron chi connectivity index (χ1n) is 6.40. The van der Waals surface area contributed by atoms with Crippen LogP contribution in [0.5, 0.6) is 5.75 Å². The average Bonchev–Trinajstić information content (AvgIpc) is 2.40. The lowest BCUT2D eigenvalue weighted by molar-refractivity contribution is -0.118. The SMILES string of the molecule is Cc1cc(Br)cc(C)c1OCC(=O)Nc1ccc(Cl)cc1. The van der Waals surface area contributed by atoms with Crippen molar-refractivity contribution in [3.63, 3.8) is 0 Å². The highest BCUT2D eigenvalue weighted by Gasteiger charge is 2.09.